The number of fused-ring (bicyclic) bond motifs is 13. The summed E-state index contributed by atoms with van der Waals surface area (Å²) >= 11 is 0. The number of rotatable bonds is 4. The largest absolute Gasteiger partial charge is 0.0622 e. The van der Waals surface area contributed by atoms with Crippen LogP contribution in [0.25, 0.3) is 174 Å². The second-order valence-electron chi connectivity index (χ2n) is 19.8. The second-order valence-corrected chi connectivity index (χ2v) is 19.8. The first kappa shape index (κ1) is 37.0. The van der Waals surface area contributed by atoms with Crippen LogP contribution in [0, 0.1) is 0 Å². The van der Waals surface area contributed by atoms with Gasteiger partial charge in [-0.2, -0.15) is 0 Å². The van der Waals surface area contributed by atoms with Crippen molar-refractivity contribution in [2.45, 2.75) is 0 Å². The van der Waals surface area contributed by atoms with Crippen LogP contribution in [0.4, 0.5) is 0 Å². The predicted molar refractivity (Wildman–Crippen MR) is 301 cm³/mol. The maximum atomic E-state index is 2.51. The van der Waals surface area contributed by atoms with E-state index < -0.39 is 0 Å². The van der Waals surface area contributed by atoms with Crippen LogP contribution in [0.2, 0.25) is 0 Å². The summed E-state index contributed by atoms with van der Waals surface area (Å²) in [5, 5.41) is 26.8. The Labute approximate surface area is 402 Å². The molecule has 0 heteroatoms. The summed E-state index contributed by atoms with van der Waals surface area (Å²) in [5.41, 5.74) is 15.4. The molecule has 0 heterocycles. The van der Waals surface area contributed by atoms with Crippen molar-refractivity contribution in [2.75, 3.05) is 0 Å². The van der Waals surface area contributed by atoms with Gasteiger partial charge in [0.15, 0.2) is 0 Å². The zero-order valence-corrected chi connectivity index (χ0v) is 37.9. The van der Waals surface area contributed by atoms with Gasteiger partial charge in [-0.25, -0.2) is 0 Å². The van der Waals surface area contributed by atoms with Crippen LogP contribution >= 0.6 is 0 Å². The molecule has 0 unspecified atom stereocenters. The Hall–Kier alpha value is -9.10. The molecule has 1 aliphatic carbocycles. The van der Waals surface area contributed by atoms with Crippen LogP contribution in [0.5, 0.6) is 0 Å². The fraction of sp³-hybridized carbons (Fsp3) is 0. The van der Waals surface area contributed by atoms with Gasteiger partial charge in [0.1, 0.15) is 0 Å². The minimum absolute atomic E-state index is 1.24. The van der Waals surface area contributed by atoms with Crippen molar-refractivity contribution in [3.05, 3.63) is 231 Å². The highest BCUT2D eigenvalue weighted by Gasteiger charge is 2.30. The van der Waals surface area contributed by atoms with E-state index in [0.29, 0.717) is 0 Å². The van der Waals surface area contributed by atoms with E-state index in [4.69, 9.17) is 0 Å². The maximum absolute atomic E-state index is 2.51. The van der Waals surface area contributed by atoms with Gasteiger partial charge in [-0.15, -0.1) is 0 Å². The van der Waals surface area contributed by atoms with E-state index in [1.54, 1.807) is 0 Å². The fourth-order valence-electron chi connectivity index (χ4n) is 13.5. The van der Waals surface area contributed by atoms with Crippen molar-refractivity contribution in [2.24, 2.45) is 0 Å². The zero-order valence-electron chi connectivity index (χ0n) is 37.9. The quantitative estimate of drug-likeness (QED) is 0.122. The smallest absolute Gasteiger partial charge is 0.00134 e. The molecule has 0 fully saturated rings. The molecular formula is C70H38. The fourth-order valence-corrected chi connectivity index (χ4v) is 13.5. The minimum Gasteiger partial charge on any atom is -0.0622 e. The van der Waals surface area contributed by atoms with Gasteiger partial charge in [0.05, 0.1) is 0 Å². The van der Waals surface area contributed by atoms with Gasteiger partial charge in [-0.1, -0.05) is 200 Å². The molecule has 0 aromatic heterocycles. The number of benzene rings is 14. The van der Waals surface area contributed by atoms with Crippen LogP contribution in [-0.4, -0.2) is 0 Å². The summed E-state index contributed by atoms with van der Waals surface area (Å²) in [6.45, 7) is 0. The lowest BCUT2D eigenvalue weighted by atomic mass is 9.87. The topological polar surface area (TPSA) is 0 Å². The standard InChI is InChI=1S/C70H38/c1-4-12-39(13-5-1)42-18-10-19-43(34-42)44-22-23-48-60(35-44)50-21-11-20-49-59-38-62-56-29-27-52-54-31-33-58-66-47(41-16-8-3-9-17-41)25-24-46(40-14-6-2-7-15-40)65(66)57-32-30-53(68(54)70(57)58)51-26-28-55(69(56)67(51)52)61(62)36-45(59)37-63(48)64(49)50/h1-38H. The molecule has 16 aromatic rings. The van der Waals surface area contributed by atoms with Gasteiger partial charge in [0, 0.05) is 0 Å². The molecule has 0 saturated heterocycles. The molecule has 0 nitrogen and oxygen atoms in total. The Morgan fingerprint density at radius 3 is 1.14 bits per heavy atom. The molecule has 0 saturated carbocycles. The molecule has 0 atom stereocenters. The van der Waals surface area contributed by atoms with Gasteiger partial charge in [-0.05, 0) is 205 Å². The third-order valence-electron chi connectivity index (χ3n) is 16.4. The molecule has 318 valence electrons. The SMILES string of the molecule is c1ccc(-c2cccc(-c3ccc4c(c3)c3cccc5c6cc7c(cc6cc4c53)c3ccc4c5ccc6c8c(ccc(c9ccc7c3c49)c85)-c3c(-c4ccccc4)ccc(-c4ccccc4)c3-6)c2)cc1. The summed E-state index contributed by atoms with van der Waals surface area (Å²) in [6.07, 6.45) is 0. The van der Waals surface area contributed by atoms with Crippen LogP contribution < -0.4 is 0 Å². The summed E-state index contributed by atoms with van der Waals surface area (Å²) in [6, 6.07) is 87.2. The van der Waals surface area contributed by atoms with Crippen molar-refractivity contribution in [1.29, 1.82) is 0 Å². The highest BCUT2D eigenvalue weighted by Crippen LogP contribution is 2.58. The van der Waals surface area contributed by atoms with Crippen molar-refractivity contribution in [3.8, 4) is 66.8 Å². The van der Waals surface area contributed by atoms with Gasteiger partial charge < -0.3 is 0 Å². The normalized spacial score (nSPS) is 12.6. The van der Waals surface area contributed by atoms with Crippen molar-refractivity contribution < 1.29 is 0 Å². The lowest BCUT2D eigenvalue weighted by molar-refractivity contribution is 1.59. The van der Waals surface area contributed by atoms with E-state index in [-0.39, 0.29) is 0 Å². The molecule has 0 aliphatic heterocycles. The maximum Gasteiger partial charge on any atom is -0.00134 e. The van der Waals surface area contributed by atoms with E-state index in [9.17, 15) is 0 Å². The molecular weight excluding hydrogens is 841 g/mol. The van der Waals surface area contributed by atoms with Crippen LogP contribution in [0.15, 0.2) is 231 Å². The molecule has 0 N–H and O–H groups in total. The minimum atomic E-state index is 1.24. The summed E-state index contributed by atoms with van der Waals surface area (Å²) in [5.74, 6) is 0. The first-order chi connectivity index (χ1) is 34.7. The Morgan fingerprint density at radius 1 is 0.157 bits per heavy atom. The Morgan fingerprint density at radius 2 is 0.543 bits per heavy atom. The summed E-state index contributed by atoms with van der Waals surface area (Å²) in [4.78, 5) is 0. The van der Waals surface area contributed by atoms with Crippen molar-refractivity contribution in [3.63, 3.8) is 0 Å². The molecule has 0 radical (unpaired) electrons. The first-order valence-corrected chi connectivity index (χ1v) is 24.6. The second kappa shape index (κ2) is 13.3. The number of hydrogen-bond donors (Lipinski definition) is 0. The van der Waals surface area contributed by atoms with E-state index in [0.717, 1.165) is 0 Å². The summed E-state index contributed by atoms with van der Waals surface area (Å²) in [7, 11) is 0. The van der Waals surface area contributed by atoms with Crippen LogP contribution in [0.1, 0.15) is 0 Å². The van der Waals surface area contributed by atoms with E-state index in [1.165, 1.54) is 174 Å². The third-order valence-corrected chi connectivity index (χ3v) is 16.4. The van der Waals surface area contributed by atoms with E-state index >= 15 is 0 Å². The van der Waals surface area contributed by atoms with Crippen LogP contribution in [-0.2, 0) is 0 Å². The van der Waals surface area contributed by atoms with Gasteiger partial charge in [0.2, 0.25) is 0 Å². The highest BCUT2D eigenvalue weighted by atomic mass is 14.3. The molecule has 0 spiro atoms. The van der Waals surface area contributed by atoms with Gasteiger partial charge in [-0.3, -0.25) is 0 Å². The van der Waals surface area contributed by atoms with E-state index in [2.05, 4.69) is 231 Å². The molecule has 1 aliphatic rings. The Kier molecular flexibility index (Phi) is 7.03. The summed E-state index contributed by atoms with van der Waals surface area (Å²) < 4.78 is 0. The third kappa shape index (κ3) is 4.70. The van der Waals surface area contributed by atoms with Gasteiger partial charge in [0.25, 0.3) is 0 Å². The number of hydrogen-bond acceptors (Lipinski definition) is 0. The molecule has 16 aromatic carbocycles. The van der Waals surface area contributed by atoms with Crippen molar-refractivity contribution in [1.82, 2.24) is 0 Å². The van der Waals surface area contributed by atoms with Crippen LogP contribution in [0.3, 0.4) is 0 Å². The lowest BCUT2D eigenvalue weighted by Crippen LogP contribution is -1.89. The lowest BCUT2D eigenvalue weighted by Gasteiger charge is -2.16. The monoisotopic (exact) mass is 878 g/mol. The molecule has 17 rings (SSSR count). The average Bonchev–Trinajstić information content (AvgIpc) is 4.06. The average molecular weight is 879 g/mol. The van der Waals surface area contributed by atoms with Crippen molar-refractivity contribution >= 4 is 108 Å². The molecule has 0 bridgehead atoms. The molecule has 70 heavy (non-hydrogen) atoms. The Balaban J connectivity index is 0.880. The highest BCUT2D eigenvalue weighted by molar-refractivity contribution is 6.45. The Bertz CT molecular complexity index is 4770. The van der Waals surface area contributed by atoms with E-state index in [1.807, 2.05) is 0 Å². The first-order valence-electron chi connectivity index (χ1n) is 24.6. The van der Waals surface area contributed by atoms with Gasteiger partial charge >= 0.3 is 0 Å². The predicted octanol–water partition coefficient (Wildman–Crippen LogP) is 19.8. The molecule has 0 amide bonds. The zero-order chi connectivity index (χ0) is 45.3.